The van der Waals surface area contributed by atoms with Gasteiger partial charge in [0.2, 0.25) is 5.95 Å². The minimum absolute atomic E-state index is 0.118. The third-order valence-corrected chi connectivity index (χ3v) is 1.96. The lowest BCUT2D eigenvalue weighted by atomic mass is 10.2. The van der Waals surface area contributed by atoms with Crippen molar-refractivity contribution >= 4 is 11.9 Å². The van der Waals surface area contributed by atoms with Gasteiger partial charge in [0.05, 0.1) is 0 Å². The first-order valence-corrected chi connectivity index (χ1v) is 4.28. The van der Waals surface area contributed by atoms with E-state index in [2.05, 4.69) is 15.3 Å². The van der Waals surface area contributed by atoms with Crippen LogP contribution in [0.2, 0.25) is 0 Å². The Balaban J connectivity index is 1.91. The molecule has 2 heterocycles. The number of hydrogen-bond donors (Lipinski definition) is 2. The third-order valence-electron chi connectivity index (χ3n) is 1.96. The summed E-state index contributed by atoms with van der Waals surface area (Å²) < 4.78 is 5.21. The summed E-state index contributed by atoms with van der Waals surface area (Å²) in [6.07, 6.45) is 4.70. The summed E-state index contributed by atoms with van der Waals surface area (Å²) >= 11 is 0. The highest BCUT2D eigenvalue weighted by Crippen LogP contribution is 2.13. The number of nitrogens with one attached hydrogen (secondary N) is 2. The van der Waals surface area contributed by atoms with Gasteiger partial charge >= 0.3 is 0 Å². The molecule has 5 nitrogen and oxygen atoms in total. The number of H-pyrrole nitrogens is 1. The summed E-state index contributed by atoms with van der Waals surface area (Å²) in [4.78, 5) is 18.1. The van der Waals surface area contributed by atoms with Gasteiger partial charge in [-0.05, 0) is 12.8 Å². The molecular formula is C8H11N3O2. The third kappa shape index (κ3) is 1.86. The first-order valence-electron chi connectivity index (χ1n) is 4.28. The van der Waals surface area contributed by atoms with E-state index in [9.17, 15) is 4.79 Å². The fourth-order valence-electron chi connectivity index (χ4n) is 1.32. The lowest BCUT2D eigenvalue weighted by Crippen LogP contribution is -2.27. The SMILES string of the molecule is O=C(Nc1ncc[nH]1)[C@@H]1CCCO1. The van der Waals surface area contributed by atoms with E-state index in [4.69, 9.17) is 4.74 Å². The Morgan fingerprint density at radius 1 is 1.77 bits per heavy atom. The molecule has 5 heteroatoms. The topological polar surface area (TPSA) is 67.0 Å². The van der Waals surface area contributed by atoms with Crippen molar-refractivity contribution in [2.75, 3.05) is 11.9 Å². The van der Waals surface area contributed by atoms with Crippen molar-refractivity contribution in [3.63, 3.8) is 0 Å². The van der Waals surface area contributed by atoms with Crippen LogP contribution in [0.25, 0.3) is 0 Å². The van der Waals surface area contributed by atoms with E-state index in [1.54, 1.807) is 12.4 Å². The highest BCUT2D eigenvalue weighted by atomic mass is 16.5. The minimum Gasteiger partial charge on any atom is -0.368 e. The highest BCUT2D eigenvalue weighted by molar-refractivity contribution is 5.92. The van der Waals surface area contributed by atoms with E-state index in [0.717, 1.165) is 12.8 Å². The molecule has 0 bridgehead atoms. The minimum atomic E-state index is -0.301. The summed E-state index contributed by atoms with van der Waals surface area (Å²) in [5.74, 6) is 0.355. The molecule has 0 aliphatic carbocycles. The van der Waals surface area contributed by atoms with Crippen LogP contribution in [0.3, 0.4) is 0 Å². The van der Waals surface area contributed by atoms with E-state index in [1.165, 1.54) is 0 Å². The van der Waals surface area contributed by atoms with Gasteiger partial charge in [0.1, 0.15) is 6.10 Å². The second-order valence-electron chi connectivity index (χ2n) is 2.93. The molecule has 2 N–H and O–H groups in total. The number of carbonyl (C=O) groups excluding carboxylic acids is 1. The number of anilines is 1. The maximum atomic E-state index is 11.4. The number of nitrogens with zero attached hydrogens (tertiary/aromatic N) is 1. The molecular weight excluding hydrogens is 170 g/mol. The van der Waals surface area contributed by atoms with Crippen molar-refractivity contribution in [1.29, 1.82) is 0 Å². The fourth-order valence-corrected chi connectivity index (χ4v) is 1.32. The molecule has 1 atom stereocenters. The average molecular weight is 181 g/mol. The predicted octanol–water partition coefficient (Wildman–Crippen LogP) is 0.527. The van der Waals surface area contributed by atoms with E-state index in [1.807, 2.05) is 0 Å². The van der Waals surface area contributed by atoms with Crippen molar-refractivity contribution < 1.29 is 9.53 Å². The van der Waals surface area contributed by atoms with Crippen LogP contribution in [0, 0.1) is 0 Å². The zero-order valence-electron chi connectivity index (χ0n) is 7.12. The van der Waals surface area contributed by atoms with Gasteiger partial charge < -0.3 is 9.72 Å². The second kappa shape index (κ2) is 3.57. The normalized spacial score (nSPS) is 21.7. The summed E-state index contributed by atoms with van der Waals surface area (Å²) in [6, 6.07) is 0. The first kappa shape index (κ1) is 8.25. The summed E-state index contributed by atoms with van der Waals surface area (Å²) in [5, 5.41) is 2.63. The largest absolute Gasteiger partial charge is 0.368 e. The zero-order chi connectivity index (χ0) is 9.10. The number of aromatic amines is 1. The molecule has 1 aromatic rings. The summed E-state index contributed by atoms with van der Waals surface area (Å²) in [6.45, 7) is 0.677. The lowest BCUT2D eigenvalue weighted by Gasteiger charge is -2.07. The van der Waals surface area contributed by atoms with E-state index in [0.29, 0.717) is 12.6 Å². The molecule has 1 aliphatic rings. The van der Waals surface area contributed by atoms with E-state index >= 15 is 0 Å². The predicted molar refractivity (Wildman–Crippen MR) is 46.2 cm³/mol. The van der Waals surface area contributed by atoms with Gasteiger partial charge in [-0.15, -0.1) is 0 Å². The maximum absolute atomic E-state index is 11.4. The molecule has 1 fully saturated rings. The van der Waals surface area contributed by atoms with Gasteiger partial charge in [-0.25, -0.2) is 4.98 Å². The number of aromatic nitrogens is 2. The van der Waals surface area contributed by atoms with E-state index < -0.39 is 0 Å². The Hall–Kier alpha value is -1.36. The fraction of sp³-hybridized carbons (Fsp3) is 0.500. The quantitative estimate of drug-likeness (QED) is 0.699. The van der Waals surface area contributed by atoms with Crippen molar-refractivity contribution in [3.05, 3.63) is 12.4 Å². The van der Waals surface area contributed by atoms with Crippen molar-refractivity contribution in [2.45, 2.75) is 18.9 Å². The summed E-state index contributed by atoms with van der Waals surface area (Å²) in [7, 11) is 0. The van der Waals surface area contributed by atoms with Crippen LogP contribution in [-0.4, -0.2) is 28.6 Å². The standard InChI is InChI=1S/C8H11N3O2/c12-7(6-2-1-5-13-6)11-8-9-3-4-10-8/h3-4,6H,1-2,5H2,(H2,9,10,11,12)/t6-/m0/s1. The molecule has 1 aliphatic heterocycles. The van der Waals surface area contributed by atoms with Crippen LogP contribution in [0.15, 0.2) is 12.4 Å². The highest BCUT2D eigenvalue weighted by Gasteiger charge is 2.23. The van der Waals surface area contributed by atoms with Gasteiger partial charge in [-0.1, -0.05) is 0 Å². The maximum Gasteiger partial charge on any atom is 0.255 e. The number of ether oxygens (including phenoxy) is 1. The zero-order valence-corrected chi connectivity index (χ0v) is 7.12. The lowest BCUT2D eigenvalue weighted by molar-refractivity contribution is -0.124. The Morgan fingerprint density at radius 3 is 3.31 bits per heavy atom. The molecule has 0 radical (unpaired) electrons. The number of hydrogen-bond acceptors (Lipinski definition) is 3. The molecule has 0 unspecified atom stereocenters. The van der Waals surface area contributed by atoms with Crippen molar-refractivity contribution in [2.24, 2.45) is 0 Å². The molecule has 0 spiro atoms. The number of imidazole rings is 1. The van der Waals surface area contributed by atoms with Gasteiger partial charge in [-0.2, -0.15) is 0 Å². The molecule has 1 saturated heterocycles. The Kier molecular flexibility index (Phi) is 2.27. The molecule has 2 rings (SSSR count). The van der Waals surface area contributed by atoms with Crippen LogP contribution >= 0.6 is 0 Å². The van der Waals surface area contributed by atoms with Crippen LogP contribution in [0.4, 0.5) is 5.95 Å². The second-order valence-corrected chi connectivity index (χ2v) is 2.93. The Bertz CT molecular complexity index is 278. The smallest absolute Gasteiger partial charge is 0.255 e. The van der Waals surface area contributed by atoms with Gasteiger partial charge in [0.25, 0.3) is 5.91 Å². The van der Waals surface area contributed by atoms with Gasteiger partial charge in [0.15, 0.2) is 0 Å². The van der Waals surface area contributed by atoms with Gasteiger partial charge in [0, 0.05) is 19.0 Å². The first-order chi connectivity index (χ1) is 6.36. The van der Waals surface area contributed by atoms with Crippen LogP contribution in [-0.2, 0) is 9.53 Å². The van der Waals surface area contributed by atoms with Crippen LogP contribution in [0.1, 0.15) is 12.8 Å². The Morgan fingerprint density at radius 2 is 2.69 bits per heavy atom. The number of amides is 1. The van der Waals surface area contributed by atoms with E-state index in [-0.39, 0.29) is 12.0 Å². The number of carbonyl (C=O) groups is 1. The number of rotatable bonds is 2. The van der Waals surface area contributed by atoms with Crippen LogP contribution < -0.4 is 5.32 Å². The molecule has 70 valence electrons. The average Bonchev–Trinajstić information content (AvgIpc) is 2.74. The van der Waals surface area contributed by atoms with Gasteiger partial charge in [-0.3, -0.25) is 10.1 Å². The summed E-state index contributed by atoms with van der Waals surface area (Å²) in [5.41, 5.74) is 0. The monoisotopic (exact) mass is 181 g/mol. The molecule has 1 aromatic heterocycles. The Labute approximate surface area is 75.5 Å². The van der Waals surface area contributed by atoms with Crippen LogP contribution in [0.5, 0.6) is 0 Å². The molecule has 0 saturated carbocycles. The van der Waals surface area contributed by atoms with Crippen molar-refractivity contribution in [3.8, 4) is 0 Å². The molecule has 0 aromatic carbocycles. The van der Waals surface area contributed by atoms with Crippen molar-refractivity contribution in [1.82, 2.24) is 9.97 Å². The molecule has 1 amide bonds. The molecule has 13 heavy (non-hydrogen) atoms.